The van der Waals surface area contributed by atoms with Gasteiger partial charge in [-0.15, -0.1) is 0 Å². The van der Waals surface area contributed by atoms with Crippen LogP contribution < -0.4 is 5.73 Å². The second-order valence-corrected chi connectivity index (χ2v) is 6.48. The molecule has 2 N–H and O–H groups in total. The summed E-state index contributed by atoms with van der Waals surface area (Å²) >= 11 is 4.91. The van der Waals surface area contributed by atoms with Crippen molar-refractivity contribution in [1.29, 1.82) is 0 Å². The SMILES string of the molecule is CC(C)N(CCC(N)=S)C(=O)CC1CCCCCC1. The fraction of sp³-hybridized carbons (Fsp3) is 0.867. The Bertz CT molecular complexity index is 297. The monoisotopic (exact) mass is 284 g/mol. The summed E-state index contributed by atoms with van der Waals surface area (Å²) in [6.45, 7) is 4.79. The smallest absolute Gasteiger partial charge is 0.223 e. The van der Waals surface area contributed by atoms with E-state index in [2.05, 4.69) is 13.8 Å². The summed E-state index contributed by atoms with van der Waals surface area (Å²) in [7, 11) is 0. The Labute approximate surface area is 122 Å². The highest BCUT2D eigenvalue weighted by Gasteiger charge is 2.22. The van der Waals surface area contributed by atoms with Gasteiger partial charge in [0.2, 0.25) is 5.91 Å². The molecule has 0 aromatic rings. The summed E-state index contributed by atoms with van der Waals surface area (Å²) in [5.74, 6) is 0.860. The molecule has 1 saturated carbocycles. The van der Waals surface area contributed by atoms with Gasteiger partial charge >= 0.3 is 0 Å². The summed E-state index contributed by atoms with van der Waals surface area (Å²) in [6.07, 6.45) is 9.00. The van der Waals surface area contributed by atoms with Crippen LogP contribution in [0.3, 0.4) is 0 Å². The van der Waals surface area contributed by atoms with Crippen LogP contribution in [0.2, 0.25) is 0 Å². The van der Waals surface area contributed by atoms with E-state index in [0.29, 0.717) is 30.3 Å². The van der Waals surface area contributed by atoms with Gasteiger partial charge in [0, 0.05) is 25.4 Å². The molecule has 0 atom stereocenters. The van der Waals surface area contributed by atoms with E-state index in [1.165, 1.54) is 38.5 Å². The first-order valence-corrected chi connectivity index (χ1v) is 7.99. The van der Waals surface area contributed by atoms with Gasteiger partial charge in [0.15, 0.2) is 0 Å². The minimum absolute atomic E-state index is 0.229. The van der Waals surface area contributed by atoms with Gasteiger partial charge in [-0.2, -0.15) is 0 Å². The molecule has 110 valence electrons. The molecule has 1 rings (SSSR count). The molecule has 0 saturated heterocycles. The van der Waals surface area contributed by atoms with Crippen LogP contribution in [0.4, 0.5) is 0 Å². The summed E-state index contributed by atoms with van der Waals surface area (Å²) < 4.78 is 0. The first kappa shape index (κ1) is 16.4. The maximum absolute atomic E-state index is 12.4. The molecule has 0 radical (unpaired) electrons. The van der Waals surface area contributed by atoms with Gasteiger partial charge in [-0.05, 0) is 32.6 Å². The Kier molecular flexibility index (Phi) is 7.36. The van der Waals surface area contributed by atoms with E-state index in [9.17, 15) is 4.79 Å². The van der Waals surface area contributed by atoms with Gasteiger partial charge in [-0.1, -0.05) is 37.9 Å². The van der Waals surface area contributed by atoms with Crippen LogP contribution in [0.15, 0.2) is 0 Å². The number of amides is 1. The average Bonchev–Trinajstić information content (AvgIpc) is 2.56. The maximum Gasteiger partial charge on any atom is 0.223 e. The van der Waals surface area contributed by atoms with Gasteiger partial charge in [0.1, 0.15) is 0 Å². The highest BCUT2D eigenvalue weighted by Crippen LogP contribution is 2.26. The molecule has 19 heavy (non-hydrogen) atoms. The summed E-state index contributed by atoms with van der Waals surface area (Å²) in [5.41, 5.74) is 5.54. The summed E-state index contributed by atoms with van der Waals surface area (Å²) in [6, 6.07) is 0.229. The predicted molar refractivity (Wildman–Crippen MR) is 84.1 cm³/mol. The van der Waals surface area contributed by atoms with E-state index in [0.717, 1.165) is 0 Å². The van der Waals surface area contributed by atoms with Crippen molar-refractivity contribution in [3.05, 3.63) is 0 Å². The summed E-state index contributed by atoms with van der Waals surface area (Å²) in [4.78, 5) is 14.8. The molecule has 0 aromatic heterocycles. The molecule has 0 spiro atoms. The van der Waals surface area contributed by atoms with Crippen LogP contribution in [0, 0.1) is 5.92 Å². The fourth-order valence-corrected chi connectivity index (χ4v) is 2.93. The van der Waals surface area contributed by atoms with E-state index in [1.807, 2.05) is 4.90 Å². The first-order chi connectivity index (χ1) is 9.00. The number of hydrogen-bond acceptors (Lipinski definition) is 2. The number of nitrogens with zero attached hydrogens (tertiary/aromatic N) is 1. The largest absolute Gasteiger partial charge is 0.393 e. The Balaban J connectivity index is 2.48. The van der Waals surface area contributed by atoms with Crippen molar-refractivity contribution in [1.82, 2.24) is 4.90 Å². The van der Waals surface area contributed by atoms with E-state index in [1.54, 1.807) is 0 Å². The molecule has 0 bridgehead atoms. The summed E-state index contributed by atoms with van der Waals surface area (Å²) in [5, 5.41) is 0. The Hall–Kier alpha value is -0.640. The number of thiocarbonyl (C=S) groups is 1. The minimum Gasteiger partial charge on any atom is -0.393 e. The van der Waals surface area contributed by atoms with Crippen LogP contribution in [0.1, 0.15) is 65.2 Å². The van der Waals surface area contributed by atoms with Crippen molar-refractivity contribution >= 4 is 23.1 Å². The number of carbonyl (C=O) groups is 1. The second kappa shape index (κ2) is 8.51. The number of rotatable bonds is 6. The van der Waals surface area contributed by atoms with E-state index in [-0.39, 0.29) is 11.9 Å². The van der Waals surface area contributed by atoms with Crippen molar-refractivity contribution < 1.29 is 4.79 Å². The van der Waals surface area contributed by atoms with E-state index < -0.39 is 0 Å². The molecule has 1 amide bonds. The third-order valence-corrected chi connectivity index (χ3v) is 4.18. The van der Waals surface area contributed by atoms with Gasteiger partial charge in [0.25, 0.3) is 0 Å². The zero-order valence-corrected chi connectivity index (χ0v) is 13.2. The zero-order valence-electron chi connectivity index (χ0n) is 12.4. The van der Waals surface area contributed by atoms with Crippen molar-refractivity contribution in [2.24, 2.45) is 11.7 Å². The third-order valence-electron chi connectivity index (χ3n) is 3.98. The van der Waals surface area contributed by atoms with Gasteiger partial charge in [0.05, 0.1) is 4.99 Å². The number of carbonyl (C=O) groups excluding carboxylic acids is 1. The Morgan fingerprint density at radius 1 is 1.26 bits per heavy atom. The van der Waals surface area contributed by atoms with E-state index >= 15 is 0 Å². The molecular weight excluding hydrogens is 256 g/mol. The van der Waals surface area contributed by atoms with E-state index in [4.69, 9.17) is 18.0 Å². The van der Waals surface area contributed by atoms with Crippen LogP contribution in [0.5, 0.6) is 0 Å². The molecule has 0 heterocycles. The Morgan fingerprint density at radius 3 is 2.32 bits per heavy atom. The zero-order chi connectivity index (χ0) is 14.3. The average molecular weight is 284 g/mol. The van der Waals surface area contributed by atoms with Crippen LogP contribution >= 0.6 is 12.2 Å². The maximum atomic E-state index is 12.4. The molecule has 3 nitrogen and oxygen atoms in total. The van der Waals surface area contributed by atoms with Crippen molar-refractivity contribution in [2.75, 3.05) is 6.54 Å². The molecule has 0 aliphatic heterocycles. The molecule has 1 fully saturated rings. The first-order valence-electron chi connectivity index (χ1n) is 7.58. The lowest BCUT2D eigenvalue weighted by atomic mass is 9.95. The molecule has 4 heteroatoms. The van der Waals surface area contributed by atoms with Gasteiger partial charge in [-0.3, -0.25) is 4.79 Å². The van der Waals surface area contributed by atoms with Gasteiger partial charge < -0.3 is 10.6 Å². The topological polar surface area (TPSA) is 46.3 Å². The van der Waals surface area contributed by atoms with Crippen molar-refractivity contribution in [3.63, 3.8) is 0 Å². The lowest BCUT2D eigenvalue weighted by Crippen LogP contribution is -2.39. The normalized spacial score (nSPS) is 17.2. The van der Waals surface area contributed by atoms with Gasteiger partial charge in [-0.25, -0.2) is 0 Å². The fourth-order valence-electron chi connectivity index (χ4n) is 2.83. The quantitative estimate of drug-likeness (QED) is 0.601. The van der Waals surface area contributed by atoms with Crippen LogP contribution in [0.25, 0.3) is 0 Å². The third kappa shape index (κ3) is 6.37. The van der Waals surface area contributed by atoms with Crippen molar-refractivity contribution in [3.8, 4) is 0 Å². The van der Waals surface area contributed by atoms with Crippen molar-refractivity contribution in [2.45, 2.75) is 71.3 Å². The molecule has 1 aliphatic carbocycles. The Morgan fingerprint density at radius 2 is 1.84 bits per heavy atom. The predicted octanol–water partition coefficient (Wildman–Crippen LogP) is 3.26. The second-order valence-electron chi connectivity index (χ2n) is 5.96. The molecule has 1 aliphatic rings. The number of nitrogens with two attached hydrogens (primary N) is 1. The lowest BCUT2D eigenvalue weighted by molar-refractivity contribution is -0.133. The molecule has 0 unspecified atom stereocenters. The highest BCUT2D eigenvalue weighted by atomic mass is 32.1. The molecular formula is C15H28N2OS. The highest BCUT2D eigenvalue weighted by molar-refractivity contribution is 7.80. The standard InChI is InChI=1S/C15H28N2OS/c1-12(2)17(10-9-14(16)19)15(18)11-13-7-5-3-4-6-8-13/h12-13H,3-11H2,1-2H3,(H2,16,19). The van der Waals surface area contributed by atoms with Crippen LogP contribution in [-0.4, -0.2) is 28.4 Å². The molecule has 0 aromatic carbocycles. The minimum atomic E-state index is 0.229. The number of hydrogen-bond donors (Lipinski definition) is 1. The van der Waals surface area contributed by atoms with Crippen LogP contribution in [-0.2, 0) is 4.79 Å². The lowest BCUT2D eigenvalue weighted by Gasteiger charge is -2.28.